The molecule has 1 aromatic rings. The highest BCUT2D eigenvalue weighted by Crippen LogP contribution is 2.11. The van der Waals surface area contributed by atoms with Crippen LogP contribution in [0, 0.1) is 0 Å². The van der Waals surface area contributed by atoms with Gasteiger partial charge in [0, 0.05) is 38.5 Å². The molecule has 2 atom stereocenters. The Labute approximate surface area is 210 Å². The summed E-state index contributed by atoms with van der Waals surface area (Å²) < 4.78 is 0. The molecule has 2 unspecified atom stereocenters. The molecule has 0 saturated carbocycles. The molecule has 7 nitrogen and oxygen atoms in total. The molecule has 2 rings (SSSR count). The standard InChI is InChI=1S/C26H43N5O2S/c1-2-3-4-5-6-10-15-28-26-29-16-11-17-31(26)25(33)23(19-21-12-8-7-9-13-21)30-24(32)20-22(27)14-18-34/h7-9,12-13,22-23,34H,2-6,10-11,14-20,27H2,1H3,(H,28,29)(H,30,32). The molecule has 0 aromatic heterocycles. The number of carbonyl (C=O) groups is 2. The predicted molar refractivity (Wildman–Crippen MR) is 143 cm³/mol. The first-order chi connectivity index (χ1) is 16.5. The molecule has 190 valence electrons. The van der Waals surface area contributed by atoms with Gasteiger partial charge in [0.15, 0.2) is 0 Å². The Kier molecular flexibility index (Phi) is 13.7. The van der Waals surface area contributed by atoms with Crippen molar-refractivity contribution in [3.63, 3.8) is 0 Å². The average molecular weight is 490 g/mol. The summed E-state index contributed by atoms with van der Waals surface area (Å²) in [6.07, 6.45) is 9.35. The summed E-state index contributed by atoms with van der Waals surface area (Å²) in [5, 5.41) is 6.33. The number of unbranched alkanes of at least 4 members (excludes halogenated alkanes) is 5. The fourth-order valence-corrected chi connectivity index (χ4v) is 4.41. The van der Waals surface area contributed by atoms with Gasteiger partial charge in [0.05, 0.1) is 0 Å². The summed E-state index contributed by atoms with van der Waals surface area (Å²) in [5.74, 6) is 0.912. The molecule has 0 spiro atoms. The topological polar surface area (TPSA) is 99.8 Å². The number of carbonyl (C=O) groups excluding carboxylic acids is 2. The number of hydrogen-bond acceptors (Lipinski definition) is 6. The number of amides is 2. The van der Waals surface area contributed by atoms with Crippen LogP contribution in [0.15, 0.2) is 35.3 Å². The van der Waals surface area contributed by atoms with Crippen LogP contribution >= 0.6 is 12.6 Å². The van der Waals surface area contributed by atoms with Crippen LogP contribution in [0.2, 0.25) is 0 Å². The van der Waals surface area contributed by atoms with Gasteiger partial charge in [0.2, 0.25) is 11.9 Å². The largest absolute Gasteiger partial charge is 0.356 e. The van der Waals surface area contributed by atoms with E-state index in [0.717, 1.165) is 24.9 Å². The monoisotopic (exact) mass is 489 g/mol. The number of hydrogen-bond donors (Lipinski definition) is 4. The first-order valence-electron chi connectivity index (χ1n) is 12.8. The first kappa shape index (κ1) is 28.2. The lowest BCUT2D eigenvalue weighted by Gasteiger charge is -2.31. The molecule has 1 heterocycles. The molecule has 1 aliphatic rings. The molecule has 0 aliphatic carbocycles. The fraction of sp³-hybridized carbons (Fsp3) is 0.654. The third-order valence-electron chi connectivity index (χ3n) is 6.00. The van der Waals surface area contributed by atoms with Crippen molar-refractivity contribution in [1.29, 1.82) is 0 Å². The van der Waals surface area contributed by atoms with Gasteiger partial charge >= 0.3 is 0 Å². The van der Waals surface area contributed by atoms with E-state index in [-0.39, 0.29) is 24.3 Å². The van der Waals surface area contributed by atoms with Gasteiger partial charge in [0.25, 0.3) is 5.91 Å². The minimum Gasteiger partial charge on any atom is -0.356 e. The second kappa shape index (κ2) is 16.5. The third kappa shape index (κ3) is 10.5. The van der Waals surface area contributed by atoms with E-state index < -0.39 is 6.04 Å². The molecule has 34 heavy (non-hydrogen) atoms. The lowest BCUT2D eigenvalue weighted by molar-refractivity contribution is -0.133. The highest BCUT2D eigenvalue weighted by atomic mass is 32.1. The van der Waals surface area contributed by atoms with Gasteiger partial charge in [0.1, 0.15) is 6.04 Å². The maximum Gasteiger partial charge on any atom is 0.252 e. The number of aliphatic imine (C=N–C) groups is 1. The van der Waals surface area contributed by atoms with Crippen molar-refractivity contribution in [2.45, 2.75) is 83.2 Å². The van der Waals surface area contributed by atoms with Gasteiger partial charge in [-0.15, -0.1) is 0 Å². The second-order valence-corrected chi connectivity index (χ2v) is 9.48. The summed E-state index contributed by atoms with van der Waals surface area (Å²) in [7, 11) is 0. The Balaban J connectivity index is 2.01. The zero-order valence-electron chi connectivity index (χ0n) is 20.7. The molecule has 0 fully saturated rings. The van der Waals surface area contributed by atoms with E-state index in [2.05, 4.69) is 35.2 Å². The fourth-order valence-electron chi connectivity index (χ4n) is 4.07. The van der Waals surface area contributed by atoms with Crippen molar-refractivity contribution >= 4 is 30.4 Å². The number of guanidine groups is 1. The smallest absolute Gasteiger partial charge is 0.252 e. The molecule has 0 saturated heterocycles. The molecule has 8 heteroatoms. The Bertz CT molecular complexity index is 759. The van der Waals surface area contributed by atoms with Gasteiger partial charge in [-0.25, -0.2) is 0 Å². The van der Waals surface area contributed by atoms with Gasteiger partial charge in [-0.2, -0.15) is 12.6 Å². The second-order valence-electron chi connectivity index (χ2n) is 9.03. The van der Waals surface area contributed by atoms with Crippen molar-refractivity contribution in [2.75, 3.05) is 25.4 Å². The van der Waals surface area contributed by atoms with E-state index in [9.17, 15) is 9.59 Å². The SMILES string of the molecule is CCCCCCCCNC1=NCCCN1C(=O)C(Cc1ccccc1)NC(=O)CC(N)CCS. The van der Waals surface area contributed by atoms with E-state index >= 15 is 0 Å². The lowest BCUT2D eigenvalue weighted by Crippen LogP contribution is -2.56. The van der Waals surface area contributed by atoms with Crippen molar-refractivity contribution < 1.29 is 9.59 Å². The molecular formula is C26H43N5O2S. The molecule has 4 N–H and O–H groups in total. The first-order valence-corrected chi connectivity index (χ1v) is 13.5. The molecule has 1 aromatic carbocycles. The Hall–Kier alpha value is -2.06. The zero-order chi connectivity index (χ0) is 24.6. The van der Waals surface area contributed by atoms with Crippen LogP contribution in [-0.4, -0.2) is 60.1 Å². The number of rotatable bonds is 15. The maximum atomic E-state index is 13.6. The lowest BCUT2D eigenvalue weighted by atomic mass is 10.0. The number of nitrogens with zero attached hydrogens (tertiary/aromatic N) is 2. The zero-order valence-corrected chi connectivity index (χ0v) is 21.6. The van der Waals surface area contributed by atoms with Gasteiger partial charge in [-0.3, -0.25) is 19.5 Å². The van der Waals surface area contributed by atoms with Crippen LogP contribution in [-0.2, 0) is 16.0 Å². The molecule has 0 bridgehead atoms. The van der Waals surface area contributed by atoms with Gasteiger partial charge < -0.3 is 16.4 Å². The third-order valence-corrected chi connectivity index (χ3v) is 6.26. The Morgan fingerprint density at radius 3 is 2.62 bits per heavy atom. The van der Waals surface area contributed by atoms with E-state index in [4.69, 9.17) is 5.73 Å². The van der Waals surface area contributed by atoms with Crippen LogP contribution in [0.3, 0.4) is 0 Å². The number of benzene rings is 1. The number of nitrogens with two attached hydrogens (primary N) is 1. The van der Waals surface area contributed by atoms with E-state index in [1.165, 1.54) is 32.1 Å². The molecule has 0 radical (unpaired) electrons. The van der Waals surface area contributed by atoms with Crippen LogP contribution in [0.25, 0.3) is 0 Å². The van der Waals surface area contributed by atoms with Crippen LogP contribution in [0.4, 0.5) is 0 Å². The highest BCUT2D eigenvalue weighted by Gasteiger charge is 2.30. The van der Waals surface area contributed by atoms with Gasteiger partial charge in [-0.05, 0) is 30.6 Å². The Morgan fingerprint density at radius 1 is 1.15 bits per heavy atom. The van der Waals surface area contributed by atoms with Crippen molar-refractivity contribution in [3.05, 3.63) is 35.9 Å². The average Bonchev–Trinajstić information content (AvgIpc) is 2.83. The van der Waals surface area contributed by atoms with E-state index in [0.29, 0.717) is 37.6 Å². The normalized spacial score (nSPS) is 15.4. The highest BCUT2D eigenvalue weighted by molar-refractivity contribution is 7.80. The minimum absolute atomic E-state index is 0.131. The number of thiol groups is 1. The van der Waals surface area contributed by atoms with Crippen LogP contribution in [0.1, 0.15) is 70.3 Å². The minimum atomic E-state index is -0.669. The summed E-state index contributed by atoms with van der Waals surface area (Å²) in [5.41, 5.74) is 7.02. The maximum absolute atomic E-state index is 13.6. The quantitative estimate of drug-likeness (QED) is 0.224. The predicted octanol–water partition coefficient (Wildman–Crippen LogP) is 3.29. The van der Waals surface area contributed by atoms with Crippen LogP contribution in [0.5, 0.6) is 0 Å². The van der Waals surface area contributed by atoms with E-state index in [1.54, 1.807) is 4.90 Å². The van der Waals surface area contributed by atoms with Crippen molar-refractivity contribution in [3.8, 4) is 0 Å². The van der Waals surface area contributed by atoms with Crippen LogP contribution < -0.4 is 16.4 Å². The summed E-state index contributed by atoms with van der Waals surface area (Å²) in [4.78, 5) is 32.6. The van der Waals surface area contributed by atoms with E-state index in [1.807, 2.05) is 30.3 Å². The number of nitrogens with one attached hydrogen (secondary N) is 2. The van der Waals surface area contributed by atoms with Crippen molar-refractivity contribution in [2.24, 2.45) is 10.7 Å². The molecular weight excluding hydrogens is 446 g/mol. The summed E-state index contributed by atoms with van der Waals surface area (Å²) >= 11 is 4.19. The summed E-state index contributed by atoms with van der Waals surface area (Å²) in [6, 6.07) is 8.83. The Morgan fingerprint density at radius 2 is 1.88 bits per heavy atom. The molecule has 1 aliphatic heterocycles. The summed E-state index contributed by atoms with van der Waals surface area (Å²) in [6.45, 7) is 4.32. The van der Waals surface area contributed by atoms with Crippen molar-refractivity contribution in [1.82, 2.24) is 15.5 Å². The molecule has 2 amide bonds. The van der Waals surface area contributed by atoms with Gasteiger partial charge in [-0.1, -0.05) is 69.4 Å².